The second-order valence-corrected chi connectivity index (χ2v) is 7.01. The summed E-state index contributed by atoms with van der Waals surface area (Å²) in [6, 6.07) is 14.8. The van der Waals surface area contributed by atoms with Gasteiger partial charge in [-0.15, -0.1) is 0 Å². The van der Waals surface area contributed by atoms with Crippen LogP contribution in [0.4, 0.5) is 0 Å². The monoisotopic (exact) mass is 396 g/mol. The van der Waals surface area contributed by atoms with E-state index in [2.05, 4.69) is 0 Å². The summed E-state index contributed by atoms with van der Waals surface area (Å²) in [7, 11) is 1.59. The van der Waals surface area contributed by atoms with E-state index in [0.717, 1.165) is 17.7 Å². The van der Waals surface area contributed by atoms with Crippen LogP contribution in [-0.4, -0.2) is 61.5 Å². The Morgan fingerprint density at radius 3 is 2.38 bits per heavy atom. The Hall–Kier alpha value is -3.02. The molecule has 0 aliphatic carbocycles. The van der Waals surface area contributed by atoms with Crippen molar-refractivity contribution in [3.8, 4) is 11.5 Å². The van der Waals surface area contributed by atoms with Gasteiger partial charge in [0.15, 0.2) is 0 Å². The first-order valence-electron chi connectivity index (χ1n) is 10.0. The van der Waals surface area contributed by atoms with Gasteiger partial charge in [-0.25, -0.2) is 0 Å². The fraction of sp³-hybridized carbons (Fsp3) is 0.391. The van der Waals surface area contributed by atoms with Crippen LogP contribution < -0.4 is 9.47 Å². The zero-order valence-electron chi connectivity index (χ0n) is 17.1. The summed E-state index contributed by atoms with van der Waals surface area (Å²) in [6.07, 6.45) is 1.13. The summed E-state index contributed by atoms with van der Waals surface area (Å²) < 4.78 is 10.7. The molecule has 3 rings (SSSR count). The molecule has 0 saturated carbocycles. The first-order chi connectivity index (χ1) is 14.1. The Bertz CT molecular complexity index is 835. The lowest BCUT2D eigenvalue weighted by molar-refractivity contribution is -0.130. The van der Waals surface area contributed by atoms with Crippen LogP contribution in [0.25, 0.3) is 0 Å². The van der Waals surface area contributed by atoms with Crippen LogP contribution in [-0.2, 0) is 11.2 Å². The third-order valence-electron chi connectivity index (χ3n) is 5.04. The third-order valence-corrected chi connectivity index (χ3v) is 5.04. The Morgan fingerprint density at radius 1 is 0.931 bits per heavy atom. The van der Waals surface area contributed by atoms with E-state index in [4.69, 9.17) is 9.47 Å². The highest BCUT2D eigenvalue weighted by molar-refractivity contribution is 5.94. The van der Waals surface area contributed by atoms with E-state index in [0.29, 0.717) is 50.5 Å². The van der Waals surface area contributed by atoms with Gasteiger partial charge in [0.25, 0.3) is 5.91 Å². The van der Waals surface area contributed by atoms with Crippen molar-refractivity contribution >= 4 is 11.8 Å². The van der Waals surface area contributed by atoms with Crippen LogP contribution in [0.5, 0.6) is 11.5 Å². The van der Waals surface area contributed by atoms with E-state index < -0.39 is 0 Å². The van der Waals surface area contributed by atoms with Crippen molar-refractivity contribution in [2.24, 2.45) is 0 Å². The van der Waals surface area contributed by atoms with E-state index in [1.165, 1.54) is 0 Å². The van der Waals surface area contributed by atoms with Crippen molar-refractivity contribution in [2.45, 2.75) is 19.8 Å². The smallest absolute Gasteiger partial charge is 0.254 e. The number of nitrogens with zero attached hydrogens (tertiary/aromatic N) is 2. The normalized spacial score (nSPS) is 14.3. The molecule has 1 saturated heterocycles. The van der Waals surface area contributed by atoms with E-state index >= 15 is 0 Å². The number of carbonyl (C=O) groups is 2. The topological polar surface area (TPSA) is 59.1 Å². The molecule has 1 heterocycles. The molecule has 1 aliphatic heterocycles. The van der Waals surface area contributed by atoms with Gasteiger partial charge in [0.05, 0.1) is 20.1 Å². The van der Waals surface area contributed by atoms with Gasteiger partial charge in [0.2, 0.25) is 5.91 Å². The predicted molar refractivity (Wildman–Crippen MR) is 111 cm³/mol. The number of methoxy groups -OCH3 is 1. The molecular weight excluding hydrogens is 368 g/mol. The highest BCUT2D eigenvalue weighted by atomic mass is 16.5. The first kappa shape index (κ1) is 20.7. The summed E-state index contributed by atoms with van der Waals surface area (Å²) in [6.45, 7) is 4.95. The van der Waals surface area contributed by atoms with Gasteiger partial charge in [-0.2, -0.15) is 0 Å². The van der Waals surface area contributed by atoms with Crippen LogP contribution in [0, 0.1) is 0 Å². The molecule has 0 radical (unpaired) electrons. The van der Waals surface area contributed by atoms with Gasteiger partial charge in [-0.1, -0.05) is 18.2 Å². The van der Waals surface area contributed by atoms with Gasteiger partial charge >= 0.3 is 0 Å². The lowest BCUT2D eigenvalue weighted by atomic mass is 10.1. The lowest BCUT2D eigenvalue weighted by Crippen LogP contribution is -2.38. The third kappa shape index (κ3) is 5.50. The zero-order valence-corrected chi connectivity index (χ0v) is 17.1. The van der Waals surface area contributed by atoms with Crippen LogP contribution in [0.15, 0.2) is 48.5 Å². The second-order valence-electron chi connectivity index (χ2n) is 7.01. The molecule has 2 aromatic rings. The average molecular weight is 396 g/mol. The molecule has 29 heavy (non-hydrogen) atoms. The van der Waals surface area contributed by atoms with Crippen LogP contribution in [0.3, 0.4) is 0 Å². The number of hydrogen-bond donors (Lipinski definition) is 0. The zero-order chi connectivity index (χ0) is 20.6. The average Bonchev–Trinajstić information content (AvgIpc) is 3.01. The summed E-state index contributed by atoms with van der Waals surface area (Å²) in [5.74, 6) is 1.54. The minimum atomic E-state index is -0.0234. The minimum Gasteiger partial charge on any atom is -0.497 e. The van der Waals surface area contributed by atoms with Gasteiger partial charge in [0, 0.05) is 31.7 Å². The summed E-state index contributed by atoms with van der Waals surface area (Å²) in [4.78, 5) is 29.2. The molecule has 6 nitrogen and oxygen atoms in total. The molecule has 0 unspecified atom stereocenters. The standard InChI is InChI=1S/C23H28N2O4/c1-3-29-20-10-8-18(9-11-20)16-22(26)24-12-5-13-25(15-14-24)23(27)19-6-4-7-21(17-19)28-2/h4,6-11,17H,3,5,12-16H2,1-2H3. The Kier molecular flexibility index (Phi) is 7.11. The molecule has 6 heteroatoms. The maximum absolute atomic E-state index is 12.8. The molecular formula is C23H28N2O4. The van der Waals surface area contributed by atoms with Gasteiger partial charge in [-0.05, 0) is 49.2 Å². The molecule has 0 atom stereocenters. The number of hydrogen-bond acceptors (Lipinski definition) is 4. The van der Waals surface area contributed by atoms with Crippen molar-refractivity contribution in [1.29, 1.82) is 0 Å². The molecule has 154 valence electrons. The van der Waals surface area contributed by atoms with E-state index in [1.807, 2.05) is 53.1 Å². The second kappa shape index (κ2) is 9.96. The van der Waals surface area contributed by atoms with Gasteiger partial charge < -0.3 is 19.3 Å². The Labute approximate surface area is 172 Å². The summed E-state index contributed by atoms with van der Waals surface area (Å²) >= 11 is 0. The molecule has 0 aromatic heterocycles. The van der Waals surface area contributed by atoms with Crippen LogP contribution in [0.2, 0.25) is 0 Å². The summed E-state index contributed by atoms with van der Waals surface area (Å²) in [5, 5.41) is 0. The van der Waals surface area contributed by atoms with Crippen LogP contribution in [0.1, 0.15) is 29.3 Å². The van der Waals surface area contributed by atoms with Crippen molar-refractivity contribution in [1.82, 2.24) is 9.80 Å². The highest BCUT2D eigenvalue weighted by Gasteiger charge is 2.23. The van der Waals surface area contributed by atoms with Crippen molar-refractivity contribution < 1.29 is 19.1 Å². The largest absolute Gasteiger partial charge is 0.497 e. The molecule has 0 bridgehead atoms. The van der Waals surface area contributed by atoms with E-state index in [9.17, 15) is 9.59 Å². The SMILES string of the molecule is CCOc1ccc(CC(=O)N2CCCN(C(=O)c3cccc(OC)c3)CC2)cc1. The van der Waals surface area contributed by atoms with Crippen LogP contribution >= 0.6 is 0 Å². The van der Waals surface area contributed by atoms with E-state index in [-0.39, 0.29) is 11.8 Å². The summed E-state index contributed by atoms with van der Waals surface area (Å²) in [5.41, 5.74) is 1.57. The molecule has 2 aromatic carbocycles. The van der Waals surface area contributed by atoms with Crippen molar-refractivity contribution in [3.63, 3.8) is 0 Å². The number of ether oxygens (including phenoxy) is 2. The molecule has 1 fully saturated rings. The van der Waals surface area contributed by atoms with Gasteiger partial charge in [-0.3, -0.25) is 9.59 Å². The quantitative estimate of drug-likeness (QED) is 0.753. The molecule has 0 spiro atoms. The number of rotatable bonds is 6. The van der Waals surface area contributed by atoms with Gasteiger partial charge in [0.1, 0.15) is 11.5 Å². The predicted octanol–water partition coefficient (Wildman–Crippen LogP) is 3.01. The molecule has 1 aliphatic rings. The molecule has 0 N–H and O–H groups in total. The highest BCUT2D eigenvalue weighted by Crippen LogP contribution is 2.17. The van der Waals surface area contributed by atoms with Crippen molar-refractivity contribution in [3.05, 3.63) is 59.7 Å². The number of amides is 2. The lowest BCUT2D eigenvalue weighted by Gasteiger charge is -2.22. The Balaban J connectivity index is 1.57. The maximum atomic E-state index is 12.8. The number of benzene rings is 2. The molecule has 2 amide bonds. The Morgan fingerprint density at radius 2 is 1.66 bits per heavy atom. The number of carbonyl (C=O) groups excluding carboxylic acids is 2. The van der Waals surface area contributed by atoms with Crippen molar-refractivity contribution in [2.75, 3.05) is 39.9 Å². The minimum absolute atomic E-state index is 0.0234. The fourth-order valence-electron chi connectivity index (χ4n) is 3.47. The van der Waals surface area contributed by atoms with E-state index in [1.54, 1.807) is 19.2 Å². The fourth-order valence-corrected chi connectivity index (χ4v) is 3.47. The first-order valence-corrected chi connectivity index (χ1v) is 10.0. The maximum Gasteiger partial charge on any atom is 0.254 e.